The van der Waals surface area contributed by atoms with Gasteiger partial charge in [-0.05, 0) is 26.0 Å². The van der Waals surface area contributed by atoms with Crippen molar-refractivity contribution < 1.29 is 9.23 Å². The van der Waals surface area contributed by atoms with E-state index in [0.29, 0.717) is 5.71 Å². The van der Waals surface area contributed by atoms with E-state index in [1.165, 1.54) is 11.3 Å². The number of aryl methyl sites for hydroxylation is 1. The average molecular weight is 329 g/mol. The molecule has 0 atom stereocenters. The van der Waals surface area contributed by atoms with E-state index < -0.39 is 5.82 Å². The molecule has 3 heterocycles. The molecule has 0 fully saturated rings. The highest BCUT2D eigenvalue weighted by atomic mass is 32.1. The Morgan fingerprint density at radius 2 is 2.04 bits per heavy atom. The smallest absolute Gasteiger partial charge is 0.315 e. The van der Waals surface area contributed by atoms with E-state index in [1.807, 2.05) is 19.1 Å². The molecule has 0 aliphatic heterocycles. The Morgan fingerprint density at radius 1 is 1.26 bits per heavy atom. The number of thiazole rings is 1. The van der Waals surface area contributed by atoms with Crippen LogP contribution in [0.5, 0.6) is 6.01 Å². The highest BCUT2D eigenvalue weighted by molar-refractivity contribution is 7.17. The first-order valence-electron chi connectivity index (χ1n) is 6.71. The van der Waals surface area contributed by atoms with Crippen molar-refractivity contribution >= 4 is 17.0 Å². The molecule has 6 nitrogen and oxygen atoms in total. The minimum atomic E-state index is -0.530. The van der Waals surface area contributed by atoms with Crippen molar-refractivity contribution in [3.05, 3.63) is 53.3 Å². The van der Waals surface area contributed by atoms with Gasteiger partial charge in [0, 0.05) is 18.0 Å². The van der Waals surface area contributed by atoms with Gasteiger partial charge in [-0.2, -0.15) is 9.97 Å². The van der Waals surface area contributed by atoms with Gasteiger partial charge < -0.3 is 4.84 Å². The van der Waals surface area contributed by atoms with Crippen molar-refractivity contribution in [2.75, 3.05) is 0 Å². The molecule has 0 aliphatic carbocycles. The Hall–Kier alpha value is -2.74. The van der Waals surface area contributed by atoms with E-state index >= 15 is 0 Å². The van der Waals surface area contributed by atoms with Crippen LogP contribution in [0.1, 0.15) is 17.5 Å². The summed E-state index contributed by atoms with van der Waals surface area (Å²) < 4.78 is 12.7. The number of hydrogen-bond donors (Lipinski definition) is 0. The zero-order valence-electron chi connectivity index (χ0n) is 12.4. The lowest BCUT2D eigenvalue weighted by molar-refractivity contribution is 0.311. The molecular formula is C15H12FN5OS. The molecule has 0 aliphatic rings. The first kappa shape index (κ1) is 15.2. The van der Waals surface area contributed by atoms with Gasteiger partial charge >= 0.3 is 6.01 Å². The molecular weight excluding hydrogens is 317 g/mol. The summed E-state index contributed by atoms with van der Waals surface area (Å²) in [7, 11) is 0. The fourth-order valence-corrected chi connectivity index (χ4v) is 2.84. The normalized spacial score (nSPS) is 11.5. The molecule has 8 heteroatoms. The summed E-state index contributed by atoms with van der Waals surface area (Å²) in [6, 6.07) is 3.80. The molecule has 0 saturated carbocycles. The van der Waals surface area contributed by atoms with Gasteiger partial charge in [0.05, 0.1) is 28.7 Å². The van der Waals surface area contributed by atoms with Crippen LogP contribution in [0.4, 0.5) is 4.39 Å². The molecule has 3 aromatic heterocycles. The number of rotatable bonds is 4. The quantitative estimate of drug-likeness (QED) is 0.543. The van der Waals surface area contributed by atoms with Gasteiger partial charge in [0.25, 0.3) is 0 Å². The van der Waals surface area contributed by atoms with Gasteiger partial charge in [-0.3, -0.25) is 4.98 Å². The van der Waals surface area contributed by atoms with Crippen LogP contribution in [0.3, 0.4) is 0 Å². The largest absolute Gasteiger partial charge is 0.345 e. The summed E-state index contributed by atoms with van der Waals surface area (Å²) >= 11 is 1.50. The molecule has 23 heavy (non-hydrogen) atoms. The van der Waals surface area contributed by atoms with E-state index in [-0.39, 0.29) is 6.01 Å². The standard InChI is InChI=1S/C15H12FN5OS/c1-9-13(23-14(20-9)11-4-3-5-17-6-11)10(2)21-22-15-18-7-12(16)8-19-15/h3-8H,1-2H3/b21-10+. The highest BCUT2D eigenvalue weighted by Crippen LogP contribution is 2.27. The summed E-state index contributed by atoms with van der Waals surface area (Å²) in [5, 5.41) is 4.85. The SMILES string of the molecule is C/C(=N\Oc1ncc(F)cn1)c1sc(-c2cccnc2)nc1C. The lowest BCUT2D eigenvalue weighted by Crippen LogP contribution is -1.99. The van der Waals surface area contributed by atoms with Gasteiger partial charge in [-0.15, -0.1) is 11.3 Å². The Kier molecular flexibility index (Phi) is 4.33. The number of pyridine rings is 1. The van der Waals surface area contributed by atoms with Crippen LogP contribution in [0.25, 0.3) is 10.6 Å². The zero-order chi connectivity index (χ0) is 16.2. The van der Waals surface area contributed by atoms with Crippen LogP contribution in [-0.4, -0.2) is 25.6 Å². The molecule has 0 saturated heterocycles. The molecule has 0 aromatic carbocycles. The maximum Gasteiger partial charge on any atom is 0.345 e. The third-order valence-electron chi connectivity index (χ3n) is 2.89. The Morgan fingerprint density at radius 3 is 2.74 bits per heavy atom. The molecule has 0 amide bonds. The summed E-state index contributed by atoms with van der Waals surface area (Å²) in [5.41, 5.74) is 2.43. The van der Waals surface area contributed by atoms with Crippen LogP contribution < -0.4 is 4.84 Å². The minimum Gasteiger partial charge on any atom is -0.315 e. The van der Waals surface area contributed by atoms with Crippen LogP contribution in [0.2, 0.25) is 0 Å². The number of nitrogens with zero attached hydrogens (tertiary/aromatic N) is 5. The third kappa shape index (κ3) is 3.54. The molecule has 0 unspecified atom stereocenters. The van der Waals surface area contributed by atoms with Crippen molar-refractivity contribution in [2.24, 2.45) is 5.16 Å². The van der Waals surface area contributed by atoms with Crippen molar-refractivity contribution in [3.63, 3.8) is 0 Å². The van der Waals surface area contributed by atoms with Crippen molar-refractivity contribution in [3.8, 4) is 16.6 Å². The second-order valence-electron chi connectivity index (χ2n) is 4.63. The predicted molar refractivity (Wildman–Crippen MR) is 84.9 cm³/mol. The maximum absolute atomic E-state index is 12.7. The van der Waals surface area contributed by atoms with Crippen LogP contribution in [0, 0.1) is 12.7 Å². The van der Waals surface area contributed by atoms with Crippen LogP contribution in [0.15, 0.2) is 42.1 Å². The monoisotopic (exact) mass is 329 g/mol. The lowest BCUT2D eigenvalue weighted by Gasteiger charge is -1.98. The number of halogens is 1. The molecule has 3 aromatic rings. The average Bonchev–Trinajstić information content (AvgIpc) is 2.97. The van der Waals surface area contributed by atoms with Crippen LogP contribution >= 0.6 is 11.3 Å². The van der Waals surface area contributed by atoms with E-state index in [1.54, 1.807) is 19.3 Å². The Balaban J connectivity index is 1.82. The molecule has 3 rings (SSSR count). The van der Waals surface area contributed by atoms with Crippen molar-refractivity contribution in [2.45, 2.75) is 13.8 Å². The van der Waals surface area contributed by atoms with Gasteiger partial charge in [-0.1, -0.05) is 5.16 Å². The van der Waals surface area contributed by atoms with E-state index in [0.717, 1.165) is 33.5 Å². The number of hydrogen-bond acceptors (Lipinski definition) is 7. The highest BCUT2D eigenvalue weighted by Gasteiger charge is 2.12. The van der Waals surface area contributed by atoms with Crippen LogP contribution in [-0.2, 0) is 0 Å². The van der Waals surface area contributed by atoms with Gasteiger partial charge in [-0.25, -0.2) is 9.37 Å². The molecule has 0 spiro atoms. The topological polar surface area (TPSA) is 73.2 Å². The second kappa shape index (κ2) is 6.57. The molecule has 0 N–H and O–H groups in total. The van der Waals surface area contributed by atoms with Gasteiger partial charge in [0.2, 0.25) is 0 Å². The lowest BCUT2D eigenvalue weighted by atomic mass is 10.3. The third-order valence-corrected chi connectivity index (χ3v) is 4.21. The summed E-state index contributed by atoms with van der Waals surface area (Å²) in [4.78, 5) is 22.0. The molecule has 0 bridgehead atoms. The first-order valence-corrected chi connectivity index (χ1v) is 7.52. The second-order valence-corrected chi connectivity index (χ2v) is 5.63. The summed E-state index contributed by atoms with van der Waals surface area (Å²) in [6.07, 6.45) is 5.52. The Labute approximate surface area is 135 Å². The maximum atomic E-state index is 12.7. The van der Waals surface area contributed by atoms with E-state index in [9.17, 15) is 4.39 Å². The van der Waals surface area contributed by atoms with Crippen molar-refractivity contribution in [1.29, 1.82) is 0 Å². The van der Waals surface area contributed by atoms with Gasteiger partial charge in [0.15, 0.2) is 5.82 Å². The zero-order valence-corrected chi connectivity index (χ0v) is 13.2. The molecule has 0 radical (unpaired) electrons. The minimum absolute atomic E-state index is 0.0135. The van der Waals surface area contributed by atoms with Crippen molar-refractivity contribution in [1.82, 2.24) is 19.9 Å². The predicted octanol–water partition coefficient (Wildman–Crippen LogP) is 3.25. The summed E-state index contributed by atoms with van der Waals surface area (Å²) in [6.45, 7) is 3.70. The number of oxime groups is 1. The first-order chi connectivity index (χ1) is 11.1. The summed E-state index contributed by atoms with van der Waals surface area (Å²) in [5.74, 6) is -0.530. The Bertz CT molecular complexity index is 833. The molecule has 116 valence electrons. The van der Waals surface area contributed by atoms with E-state index in [2.05, 4.69) is 25.1 Å². The van der Waals surface area contributed by atoms with Gasteiger partial charge in [0.1, 0.15) is 5.01 Å². The fraction of sp³-hybridized carbons (Fsp3) is 0.133. The van der Waals surface area contributed by atoms with E-state index in [4.69, 9.17) is 4.84 Å². The fourth-order valence-electron chi connectivity index (χ4n) is 1.84. The number of aromatic nitrogens is 4.